The molecule has 0 radical (unpaired) electrons. The topological polar surface area (TPSA) is 34.1 Å². The first kappa shape index (κ1) is 18.5. The Kier molecular flexibility index (Phi) is 4.56. The molecule has 136 valence electrons. The van der Waals surface area contributed by atoms with E-state index in [4.69, 9.17) is 0 Å². The summed E-state index contributed by atoms with van der Waals surface area (Å²) in [5.74, 6) is 0. The van der Waals surface area contributed by atoms with Gasteiger partial charge < -0.3 is 0 Å². The molecule has 26 heavy (non-hydrogen) atoms. The molecule has 0 unspecified atom stereocenters. The summed E-state index contributed by atoms with van der Waals surface area (Å²) < 4.78 is 62.8. The minimum absolute atomic E-state index is 0.183. The smallest absolute Gasteiger partial charge is 0.224 e. The highest BCUT2D eigenvalue weighted by Crippen LogP contribution is 2.39. The van der Waals surface area contributed by atoms with E-state index in [1.165, 1.54) is 31.2 Å². The van der Waals surface area contributed by atoms with E-state index in [0.29, 0.717) is 12.0 Å². The Morgan fingerprint density at radius 1 is 0.885 bits per heavy atom. The zero-order valence-corrected chi connectivity index (χ0v) is 15.1. The first-order valence-corrected chi connectivity index (χ1v) is 9.86. The van der Waals surface area contributed by atoms with Gasteiger partial charge in [0.2, 0.25) is 0 Å². The van der Waals surface area contributed by atoms with Crippen molar-refractivity contribution < 1.29 is 21.6 Å². The highest BCUT2D eigenvalue weighted by molar-refractivity contribution is 7.90. The predicted octanol–water partition coefficient (Wildman–Crippen LogP) is 5.29. The lowest BCUT2D eigenvalue weighted by Gasteiger charge is -2.15. The van der Waals surface area contributed by atoms with Crippen LogP contribution in [0, 0.1) is 6.92 Å². The third-order valence-corrected chi connectivity index (χ3v) is 5.51. The third kappa shape index (κ3) is 3.60. The molecule has 6 heteroatoms. The first-order valence-electron chi connectivity index (χ1n) is 7.97. The van der Waals surface area contributed by atoms with E-state index in [1.807, 2.05) is 12.2 Å². The molecular weight excluding hydrogens is 361 g/mol. The Morgan fingerprint density at radius 3 is 1.96 bits per heavy atom. The van der Waals surface area contributed by atoms with E-state index in [1.54, 1.807) is 18.2 Å². The van der Waals surface area contributed by atoms with Gasteiger partial charge in [-0.25, -0.2) is 8.42 Å². The maximum Gasteiger partial charge on any atom is 0.416 e. The van der Waals surface area contributed by atoms with Crippen molar-refractivity contribution >= 4 is 21.0 Å². The number of alkyl halides is 3. The summed E-state index contributed by atoms with van der Waals surface area (Å²) in [5, 5.41) is 0. The molecule has 2 aromatic rings. The second-order valence-electron chi connectivity index (χ2n) is 6.30. The lowest BCUT2D eigenvalue weighted by Crippen LogP contribution is -2.08. The molecule has 0 aromatic heterocycles. The van der Waals surface area contributed by atoms with Gasteiger partial charge >= 0.3 is 6.18 Å². The summed E-state index contributed by atoms with van der Waals surface area (Å²) in [6.07, 6.45) is 1.16. The summed E-state index contributed by atoms with van der Waals surface area (Å²) in [7, 11) is -3.29. The Labute approximate surface area is 150 Å². The quantitative estimate of drug-likeness (QED) is 0.727. The maximum atomic E-state index is 13.2. The van der Waals surface area contributed by atoms with E-state index in [2.05, 4.69) is 0 Å². The summed E-state index contributed by atoms with van der Waals surface area (Å²) >= 11 is 0. The van der Waals surface area contributed by atoms with E-state index in [0.717, 1.165) is 23.0 Å². The molecule has 1 aliphatic carbocycles. The minimum Gasteiger partial charge on any atom is -0.224 e. The highest BCUT2D eigenvalue weighted by Gasteiger charge is 2.33. The summed E-state index contributed by atoms with van der Waals surface area (Å²) in [6, 6.07) is 10.7. The van der Waals surface area contributed by atoms with Crippen LogP contribution in [-0.4, -0.2) is 14.7 Å². The lowest BCUT2D eigenvalue weighted by atomic mass is 9.92. The van der Waals surface area contributed by atoms with Crippen LogP contribution in [0.15, 0.2) is 59.5 Å². The van der Waals surface area contributed by atoms with Crippen molar-refractivity contribution in [2.24, 2.45) is 0 Å². The fourth-order valence-electron chi connectivity index (χ4n) is 3.04. The maximum absolute atomic E-state index is 13.2. The van der Waals surface area contributed by atoms with E-state index in [9.17, 15) is 21.6 Å². The fourth-order valence-corrected chi connectivity index (χ4v) is 3.67. The predicted molar refractivity (Wildman–Crippen MR) is 96.3 cm³/mol. The SMILES string of the molecule is Cc1ccc(C2=CCC=C2c2ccc(S(C)(=O)=O)cc2)cc1C(F)(F)F. The first-order chi connectivity index (χ1) is 12.1. The van der Waals surface area contributed by atoms with Crippen molar-refractivity contribution in [3.63, 3.8) is 0 Å². The molecule has 0 N–H and O–H groups in total. The second-order valence-corrected chi connectivity index (χ2v) is 8.31. The molecule has 0 amide bonds. The molecule has 3 rings (SSSR count). The number of sulfone groups is 1. The Bertz CT molecular complexity index is 1010. The van der Waals surface area contributed by atoms with Crippen LogP contribution in [-0.2, 0) is 16.0 Å². The van der Waals surface area contributed by atoms with Gasteiger partial charge in [-0.3, -0.25) is 0 Å². The zero-order valence-electron chi connectivity index (χ0n) is 14.3. The molecule has 0 saturated carbocycles. The number of hydrogen-bond donors (Lipinski definition) is 0. The Balaban J connectivity index is 1.99. The van der Waals surface area contributed by atoms with Crippen LogP contribution in [0.2, 0.25) is 0 Å². The van der Waals surface area contributed by atoms with Gasteiger partial charge in [0.05, 0.1) is 10.5 Å². The van der Waals surface area contributed by atoms with Gasteiger partial charge in [0.25, 0.3) is 0 Å². The zero-order chi connectivity index (χ0) is 19.1. The van der Waals surface area contributed by atoms with Gasteiger partial charge in [-0.15, -0.1) is 0 Å². The Hall–Kier alpha value is -2.34. The monoisotopic (exact) mass is 378 g/mol. The molecule has 0 heterocycles. The van der Waals surface area contributed by atoms with E-state index < -0.39 is 21.6 Å². The van der Waals surface area contributed by atoms with Gasteiger partial charge in [0, 0.05) is 6.26 Å². The molecule has 1 aliphatic rings. The van der Waals surface area contributed by atoms with Gasteiger partial charge in [-0.2, -0.15) is 13.2 Å². The molecule has 0 spiro atoms. The van der Waals surface area contributed by atoms with Crippen molar-refractivity contribution in [3.8, 4) is 0 Å². The van der Waals surface area contributed by atoms with Crippen LogP contribution < -0.4 is 0 Å². The minimum atomic E-state index is -4.40. The number of rotatable bonds is 3. The van der Waals surface area contributed by atoms with Crippen LogP contribution in [0.4, 0.5) is 13.2 Å². The van der Waals surface area contributed by atoms with Gasteiger partial charge in [0.1, 0.15) is 0 Å². The van der Waals surface area contributed by atoms with Crippen molar-refractivity contribution in [2.75, 3.05) is 6.26 Å². The van der Waals surface area contributed by atoms with Gasteiger partial charge in [-0.1, -0.05) is 36.4 Å². The van der Waals surface area contributed by atoms with Crippen molar-refractivity contribution in [3.05, 3.63) is 76.9 Å². The summed E-state index contributed by atoms with van der Waals surface area (Å²) in [4.78, 5) is 0.208. The molecule has 0 fully saturated rings. The third-order valence-electron chi connectivity index (χ3n) is 4.38. The number of halogens is 3. The number of allylic oxidation sites excluding steroid dienone is 4. The average Bonchev–Trinajstić information content (AvgIpc) is 3.03. The Morgan fingerprint density at radius 2 is 1.42 bits per heavy atom. The van der Waals surface area contributed by atoms with Crippen LogP contribution in [0.1, 0.15) is 28.7 Å². The number of hydrogen-bond acceptors (Lipinski definition) is 2. The van der Waals surface area contributed by atoms with Crippen LogP contribution >= 0.6 is 0 Å². The fraction of sp³-hybridized carbons (Fsp3) is 0.200. The van der Waals surface area contributed by atoms with Crippen molar-refractivity contribution in [2.45, 2.75) is 24.4 Å². The van der Waals surface area contributed by atoms with Gasteiger partial charge in [0.15, 0.2) is 9.84 Å². The molecule has 0 bridgehead atoms. The molecule has 2 aromatic carbocycles. The highest BCUT2D eigenvalue weighted by atomic mass is 32.2. The number of aryl methyl sites for hydroxylation is 1. The summed E-state index contributed by atoms with van der Waals surface area (Å²) in [6.45, 7) is 1.44. The second kappa shape index (κ2) is 6.43. The summed E-state index contributed by atoms with van der Waals surface area (Å²) in [5.41, 5.74) is 2.34. The van der Waals surface area contributed by atoms with Gasteiger partial charge in [-0.05, 0) is 59.4 Å². The van der Waals surface area contributed by atoms with E-state index >= 15 is 0 Å². The van der Waals surface area contributed by atoms with Crippen molar-refractivity contribution in [1.29, 1.82) is 0 Å². The average molecular weight is 378 g/mol. The standard InChI is InChI=1S/C20H17F3O2S/c1-13-6-7-15(12-19(13)20(21,22)23)18-5-3-4-17(18)14-8-10-16(11-9-14)26(2,24)25/h4-12H,3H2,1-2H3. The van der Waals surface area contributed by atoms with E-state index in [-0.39, 0.29) is 10.5 Å². The lowest BCUT2D eigenvalue weighted by molar-refractivity contribution is -0.138. The van der Waals surface area contributed by atoms with Crippen LogP contribution in [0.3, 0.4) is 0 Å². The van der Waals surface area contributed by atoms with Crippen LogP contribution in [0.5, 0.6) is 0 Å². The van der Waals surface area contributed by atoms with Crippen molar-refractivity contribution in [1.82, 2.24) is 0 Å². The largest absolute Gasteiger partial charge is 0.416 e. The molecule has 0 saturated heterocycles. The number of benzene rings is 2. The molecular formula is C20H17F3O2S. The normalized spacial score (nSPS) is 15.0. The molecule has 0 aliphatic heterocycles. The van der Waals surface area contributed by atoms with Crippen LogP contribution in [0.25, 0.3) is 11.1 Å². The molecule has 2 nitrogen and oxygen atoms in total. The molecule has 0 atom stereocenters.